The fraction of sp³-hybridized carbons (Fsp3) is 0.400. The first kappa shape index (κ1) is 11.0. The molecule has 0 atom stereocenters. The van der Waals surface area contributed by atoms with E-state index in [9.17, 15) is 0 Å². The third kappa shape index (κ3) is 4.60. The lowest BCUT2D eigenvalue weighted by Crippen LogP contribution is -1.92. The molecule has 13 heavy (non-hydrogen) atoms. The van der Waals surface area contributed by atoms with Gasteiger partial charge in [-0.05, 0) is 40.9 Å². The van der Waals surface area contributed by atoms with Gasteiger partial charge in [0, 0.05) is 11.5 Å². The van der Waals surface area contributed by atoms with Crippen molar-refractivity contribution < 1.29 is 4.74 Å². The van der Waals surface area contributed by atoms with Crippen molar-refractivity contribution in [2.24, 2.45) is 0 Å². The number of unbranched alkanes of at least 4 members (excludes halogenated alkanes) is 1. The van der Waals surface area contributed by atoms with E-state index in [1.165, 1.54) is 4.88 Å². The van der Waals surface area contributed by atoms with E-state index in [1.54, 1.807) is 11.3 Å². The van der Waals surface area contributed by atoms with Crippen LogP contribution in [-0.2, 0) is 11.3 Å². The normalized spacial score (nSPS) is 10.2. The zero-order valence-electron chi connectivity index (χ0n) is 7.46. The molecule has 0 aromatic carbocycles. The van der Waals surface area contributed by atoms with Crippen molar-refractivity contribution >= 4 is 27.3 Å². The van der Waals surface area contributed by atoms with Gasteiger partial charge in [-0.3, -0.25) is 0 Å². The van der Waals surface area contributed by atoms with E-state index in [0.29, 0.717) is 0 Å². The Morgan fingerprint density at radius 3 is 3.00 bits per heavy atom. The van der Waals surface area contributed by atoms with Crippen LogP contribution in [0.1, 0.15) is 17.7 Å². The lowest BCUT2D eigenvalue weighted by Gasteiger charge is -1.99. The highest BCUT2D eigenvalue weighted by Crippen LogP contribution is 2.22. The Morgan fingerprint density at radius 2 is 2.38 bits per heavy atom. The van der Waals surface area contributed by atoms with Crippen molar-refractivity contribution in [2.45, 2.75) is 19.4 Å². The second kappa shape index (κ2) is 6.35. The molecule has 0 unspecified atom stereocenters. The van der Waals surface area contributed by atoms with Gasteiger partial charge in [0.15, 0.2) is 0 Å². The zero-order valence-corrected chi connectivity index (χ0v) is 9.86. The molecule has 1 aromatic rings. The summed E-state index contributed by atoms with van der Waals surface area (Å²) in [5.41, 5.74) is 0. The first-order valence-corrected chi connectivity index (χ1v) is 5.86. The average Bonchev–Trinajstić information content (AvgIpc) is 2.51. The maximum Gasteiger partial charge on any atom is 0.0809 e. The van der Waals surface area contributed by atoms with Gasteiger partial charge in [-0.25, -0.2) is 0 Å². The first-order chi connectivity index (χ1) is 6.33. The molecule has 0 saturated carbocycles. The Balaban J connectivity index is 2.09. The molecule has 1 rings (SSSR count). The van der Waals surface area contributed by atoms with Crippen molar-refractivity contribution in [3.63, 3.8) is 0 Å². The SMILES string of the molecule is C=CCCCOCc1ccc(Br)s1. The zero-order chi connectivity index (χ0) is 9.52. The number of halogens is 1. The standard InChI is InChI=1S/C10H13BrOS/c1-2-3-4-7-12-8-9-5-6-10(11)13-9/h2,5-6H,1,3-4,7-8H2. The quantitative estimate of drug-likeness (QED) is 0.555. The number of allylic oxidation sites excluding steroid dienone is 1. The average molecular weight is 261 g/mol. The predicted molar refractivity (Wildman–Crippen MR) is 61.1 cm³/mol. The van der Waals surface area contributed by atoms with Gasteiger partial charge < -0.3 is 4.74 Å². The van der Waals surface area contributed by atoms with Crippen molar-refractivity contribution in [3.8, 4) is 0 Å². The van der Waals surface area contributed by atoms with Gasteiger partial charge in [-0.2, -0.15) is 0 Å². The van der Waals surface area contributed by atoms with Gasteiger partial charge in [0.25, 0.3) is 0 Å². The topological polar surface area (TPSA) is 9.23 Å². The summed E-state index contributed by atoms with van der Waals surface area (Å²) in [7, 11) is 0. The van der Waals surface area contributed by atoms with Crippen molar-refractivity contribution in [1.82, 2.24) is 0 Å². The van der Waals surface area contributed by atoms with Gasteiger partial charge in [-0.1, -0.05) is 6.08 Å². The maximum atomic E-state index is 5.48. The molecule has 0 N–H and O–H groups in total. The Bertz CT molecular complexity index is 257. The molecule has 0 aliphatic heterocycles. The third-order valence-electron chi connectivity index (χ3n) is 1.57. The fourth-order valence-corrected chi connectivity index (χ4v) is 2.35. The van der Waals surface area contributed by atoms with Gasteiger partial charge in [0.1, 0.15) is 0 Å². The summed E-state index contributed by atoms with van der Waals surface area (Å²) in [4.78, 5) is 1.27. The van der Waals surface area contributed by atoms with Crippen LogP contribution in [0.2, 0.25) is 0 Å². The van der Waals surface area contributed by atoms with Crippen LogP contribution >= 0.6 is 27.3 Å². The monoisotopic (exact) mass is 260 g/mol. The molecule has 0 aliphatic carbocycles. The minimum absolute atomic E-state index is 0.730. The molecule has 0 saturated heterocycles. The van der Waals surface area contributed by atoms with Crippen LogP contribution in [0.3, 0.4) is 0 Å². The van der Waals surface area contributed by atoms with E-state index in [0.717, 1.165) is 29.8 Å². The number of rotatable bonds is 6. The van der Waals surface area contributed by atoms with Gasteiger partial charge >= 0.3 is 0 Å². The molecule has 72 valence electrons. The number of thiophene rings is 1. The minimum Gasteiger partial charge on any atom is -0.376 e. The molecule has 3 heteroatoms. The molecule has 0 aliphatic rings. The summed E-state index contributed by atoms with van der Waals surface area (Å²) in [5, 5.41) is 0. The summed E-state index contributed by atoms with van der Waals surface area (Å²) < 4.78 is 6.64. The van der Waals surface area contributed by atoms with Crippen molar-refractivity contribution in [3.05, 3.63) is 33.5 Å². The number of hydrogen-bond acceptors (Lipinski definition) is 2. The van der Waals surface area contributed by atoms with Crippen LogP contribution in [0, 0.1) is 0 Å². The Hall–Kier alpha value is -0.120. The summed E-state index contributed by atoms with van der Waals surface area (Å²) >= 11 is 5.14. The predicted octanol–water partition coefficient (Wildman–Crippen LogP) is 3.99. The molecule has 0 spiro atoms. The van der Waals surface area contributed by atoms with Crippen LogP contribution in [0.4, 0.5) is 0 Å². The summed E-state index contributed by atoms with van der Waals surface area (Å²) in [6.07, 6.45) is 4.02. The third-order valence-corrected chi connectivity index (χ3v) is 3.17. The van der Waals surface area contributed by atoms with E-state index in [4.69, 9.17) is 4.74 Å². The molecule has 1 nitrogen and oxygen atoms in total. The largest absolute Gasteiger partial charge is 0.376 e. The van der Waals surface area contributed by atoms with E-state index < -0.39 is 0 Å². The van der Waals surface area contributed by atoms with Crippen molar-refractivity contribution in [1.29, 1.82) is 0 Å². The Labute approximate surface area is 91.6 Å². The molecule has 0 fully saturated rings. The van der Waals surface area contributed by atoms with Gasteiger partial charge in [0.2, 0.25) is 0 Å². The van der Waals surface area contributed by atoms with Crippen LogP contribution < -0.4 is 0 Å². The van der Waals surface area contributed by atoms with Crippen LogP contribution in [0.15, 0.2) is 28.6 Å². The van der Waals surface area contributed by atoms with E-state index in [-0.39, 0.29) is 0 Å². The lowest BCUT2D eigenvalue weighted by atomic mass is 10.3. The summed E-state index contributed by atoms with van der Waals surface area (Å²) in [6.45, 7) is 5.21. The summed E-state index contributed by atoms with van der Waals surface area (Å²) in [5.74, 6) is 0. The number of ether oxygens (including phenoxy) is 1. The number of hydrogen-bond donors (Lipinski definition) is 0. The second-order valence-corrected chi connectivity index (χ2v) is 5.24. The lowest BCUT2D eigenvalue weighted by molar-refractivity contribution is 0.121. The van der Waals surface area contributed by atoms with E-state index in [2.05, 4.69) is 28.6 Å². The molecule has 0 amide bonds. The highest BCUT2D eigenvalue weighted by Gasteiger charge is 1.96. The molecule has 1 aromatic heterocycles. The van der Waals surface area contributed by atoms with Crippen LogP contribution in [0.25, 0.3) is 0 Å². The minimum atomic E-state index is 0.730. The van der Waals surface area contributed by atoms with Gasteiger partial charge in [0.05, 0.1) is 10.4 Å². The molecular formula is C10H13BrOS. The van der Waals surface area contributed by atoms with Gasteiger partial charge in [-0.15, -0.1) is 17.9 Å². The fourth-order valence-electron chi connectivity index (χ4n) is 0.932. The Morgan fingerprint density at radius 1 is 1.54 bits per heavy atom. The van der Waals surface area contributed by atoms with E-state index >= 15 is 0 Å². The molecule has 0 radical (unpaired) electrons. The highest BCUT2D eigenvalue weighted by atomic mass is 79.9. The Kier molecular flexibility index (Phi) is 5.35. The van der Waals surface area contributed by atoms with Crippen LogP contribution in [-0.4, -0.2) is 6.61 Å². The smallest absolute Gasteiger partial charge is 0.0809 e. The summed E-state index contributed by atoms with van der Waals surface area (Å²) in [6, 6.07) is 4.13. The second-order valence-electron chi connectivity index (χ2n) is 2.69. The maximum absolute atomic E-state index is 5.48. The van der Waals surface area contributed by atoms with E-state index in [1.807, 2.05) is 12.1 Å². The van der Waals surface area contributed by atoms with Crippen LogP contribution in [0.5, 0.6) is 0 Å². The first-order valence-electron chi connectivity index (χ1n) is 4.26. The molecule has 1 heterocycles. The molecule has 0 bridgehead atoms. The molecular weight excluding hydrogens is 248 g/mol. The van der Waals surface area contributed by atoms with Crippen molar-refractivity contribution in [2.75, 3.05) is 6.61 Å². The highest BCUT2D eigenvalue weighted by molar-refractivity contribution is 9.11.